The van der Waals surface area contributed by atoms with Crippen LogP contribution in [0, 0.1) is 0 Å². The first-order chi connectivity index (χ1) is 12.2. The van der Waals surface area contributed by atoms with Crippen molar-refractivity contribution in [3.63, 3.8) is 0 Å². The lowest BCUT2D eigenvalue weighted by Crippen LogP contribution is -2.30. The van der Waals surface area contributed by atoms with Crippen molar-refractivity contribution in [3.05, 3.63) is 60.2 Å². The van der Waals surface area contributed by atoms with Crippen LogP contribution in [0.3, 0.4) is 0 Å². The Kier molecular flexibility index (Phi) is 8.63. The lowest BCUT2D eigenvalue weighted by atomic mass is 10.1. The Bertz CT molecular complexity index is 561. The highest BCUT2D eigenvalue weighted by Crippen LogP contribution is 2.06. The summed E-state index contributed by atoms with van der Waals surface area (Å²) < 4.78 is 0. The Hall–Kier alpha value is -2.27. The number of pyridine rings is 2. The Labute approximate surface area is 149 Å². The number of unbranched alkanes of at least 4 members (excludes halogenated alkanes) is 2. The molecule has 2 heterocycles. The summed E-state index contributed by atoms with van der Waals surface area (Å²) in [6.07, 6.45) is 8.52. The average molecular weight is 341 g/mol. The van der Waals surface area contributed by atoms with Crippen LogP contribution in [-0.4, -0.2) is 45.6 Å². The van der Waals surface area contributed by atoms with Crippen LogP contribution in [-0.2, 0) is 17.6 Å². The third-order valence-electron chi connectivity index (χ3n) is 4.19. The monoisotopic (exact) mass is 341 g/mol. The van der Waals surface area contributed by atoms with Crippen molar-refractivity contribution in [2.75, 3.05) is 19.6 Å². The van der Waals surface area contributed by atoms with Gasteiger partial charge in [-0.2, -0.15) is 0 Å². The van der Waals surface area contributed by atoms with Crippen molar-refractivity contribution < 1.29 is 9.90 Å². The topological polar surface area (TPSA) is 66.3 Å². The summed E-state index contributed by atoms with van der Waals surface area (Å²) in [5, 5.41) is 8.72. The summed E-state index contributed by atoms with van der Waals surface area (Å²) in [5.74, 6) is -0.706. The SMILES string of the molecule is O=C(O)CCCCCN(CCc1ccccn1)CCc1ccccn1. The number of aromatic nitrogens is 2. The van der Waals surface area contributed by atoms with E-state index in [1.165, 1.54) is 0 Å². The van der Waals surface area contributed by atoms with E-state index in [2.05, 4.69) is 27.0 Å². The molecule has 0 aliphatic carbocycles. The Morgan fingerprint density at radius 2 is 1.44 bits per heavy atom. The number of rotatable bonds is 12. The zero-order chi connectivity index (χ0) is 17.7. The van der Waals surface area contributed by atoms with E-state index in [4.69, 9.17) is 5.11 Å². The van der Waals surface area contributed by atoms with Gasteiger partial charge in [0, 0.05) is 56.1 Å². The minimum atomic E-state index is -0.706. The van der Waals surface area contributed by atoms with Gasteiger partial charge in [-0.15, -0.1) is 0 Å². The van der Waals surface area contributed by atoms with E-state index < -0.39 is 5.97 Å². The number of aliphatic carboxylic acids is 1. The lowest BCUT2D eigenvalue weighted by molar-refractivity contribution is -0.137. The minimum Gasteiger partial charge on any atom is -0.481 e. The van der Waals surface area contributed by atoms with E-state index in [0.717, 1.165) is 63.1 Å². The molecule has 0 amide bonds. The molecule has 0 atom stereocenters. The van der Waals surface area contributed by atoms with E-state index in [0.29, 0.717) is 0 Å². The standard InChI is InChI=1S/C20H27N3O2/c24-20(25)10-2-1-7-15-23(16-11-18-8-3-5-13-21-18)17-12-19-9-4-6-14-22-19/h3-6,8-9,13-14H,1-2,7,10-12,15-17H2,(H,24,25). The molecule has 2 aromatic heterocycles. The molecule has 5 nitrogen and oxygen atoms in total. The fourth-order valence-corrected chi connectivity index (χ4v) is 2.76. The predicted molar refractivity (Wildman–Crippen MR) is 98.4 cm³/mol. The van der Waals surface area contributed by atoms with Gasteiger partial charge in [0.1, 0.15) is 0 Å². The molecular weight excluding hydrogens is 314 g/mol. The maximum absolute atomic E-state index is 10.6. The molecule has 2 rings (SSSR count). The summed E-state index contributed by atoms with van der Waals surface area (Å²) in [4.78, 5) is 21.8. The third-order valence-corrected chi connectivity index (χ3v) is 4.19. The lowest BCUT2D eigenvalue weighted by Gasteiger charge is -2.22. The molecule has 0 radical (unpaired) electrons. The summed E-state index contributed by atoms with van der Waals surface area (Å²) in [6.45, 7) is 2.91. The van der Waals surface area contributed by atoms with Gasteiger partial charge < -0.3 is 10.0 Å². The Balaban J connectivity index is 1.78. The second-order valence-electron chi connectivity index (χ2n) is 6.19. The first-order valence-corrected chi connectivity index (χ1v) is 8.98. The van der Waals surface area contributed by atoms with Crippen LogP contribution in [0.25, 0.3) is 0 Å². The molecule has 0 unspecified atom stereocenters. The van der Waals surface area contributed by atoms with Crippen LogP contribution in [0.4, 0.5) is 0 Å². The zero-order valence-electron chi connectivity index (χ0n) is 14.7. The van der Waals surface area contributed by atoms with Gasteiger partial charge in [0.05, 0.1) is 0 Å². The highest BCUT2D eigenvalue weighted by atomic mass is 16.4. The van der Waals surface area contributed by atoms with Crippen molar-refractivity contribution in [3.8, 4) is 0 Å². The summed E-state index contributed by atoms with van der Waals surface area (Å²) in [6, 6.07) is 12.0. The molecule has 0 fully saturated rings. The molecule has 25 heavy (non-hydrogen) atoms. The fraction of sp³-hybridized carbons (Fsp3) is 0.450. The first kappa shape index (κ1) is 19.1. The number of hydrogen-bond donors (Lipinski definition) is 1. The largest absolute Gasteiger partial charge is 0.481 e. The number of carbonyl (C=O) groups is 1. The number of carboxylic acids is 1. The van der Waals surface area contributed by atoms with Gasteiger partial charge in [0.2, 0.25) is 0 Å². The predicted octanol–water partition coefficient (Wildman–Crippen LogP) is 3.21. The molecule has 134 valence electrons. The van der Waals surface area contributed by atoms with Crippen molar-refractivity contribution >= 4 is 5.97 Å². The highest BCUT2D eigenvalue weighted by Gasteiger charge is 2.07. The zero-order valence-corrected chi connectivity index (χ0v) is 14.7. The van der Waals surface area contributed by atoms with Gasteiger partial charge in [-0.25, -0.2) is 0 Å². The van der Waals surface area contributed by atoms with E-state index >= 15 is 0 Å². The number of hydrogen-bond acceptors (Lipinski definition) is 4. The second kappa shape index (κ2) is 11.3. The molecule has 0 aromatic carbocycles. The van der Waals surface area contributed by atoms with Crippen molar-refractivity contribution in [2.45, 2.75) is 38.5 Å². The third kappa shape index (κ3) is 8.40. The van der Waals surface area contributed by atoms with Crippen molar-refractivity contribution in [1.82, 2.24) is 14.9 Å². The molecule has 0 bridgehead atoms. The molecule has 0 saturated heterocycles. The van der Waals surface area contributed by atoms with Crippen LogP contribution >= 0.6 is 0 Å². The Morgan fingerprint density at radius 3 is 1.92 bits per heavy atom. The van der Waals surface area contributed by atoms with E-state index in [9.17, 15) is 4.79 Å². The van der Waals surface area contributed by atoms with Gasteiger partial charge in [0.15, 0.2) is 0 Å². The molecular formula is C20H27N3O2. The molecule has 5 heteroatoms. The van der Waals surface area contributed by atoms with E-state index in [-0.39, 0.29) is 6.42 Å². The van der Waals surface area contributed by atoms with Crippen LogP contribution in [0.1, 0.15) is 37.1 Å². The summed E-state index contributed by atoms with van der Waals surface area (Å²) in [7, 11) is 0. The summed E-state index contributed by atoms with van der Waals surface area (Å²) >= 11 is 0. The van der Waals surface area contributed by atoms with Crippen molar-refractivity contribution in [1.29, 1.82) is 0 Å². The molecule has 0 aliphatic heterocycles. The van der Waals surface area contributed by atoms with Gasteiger partial charge in [0.25, 0.3) is 0 Å². The second-order valence-corrected chi connectivity index (χ2v) is 6.19. The Morgan fingerprint density at radius 1 is 0.840 bits per heavy atom. The fourth-order valence-electron chi connectivity index (χ4n) is 2.76. The van der Waals surface area contributed by atoms with E-state index in [1.54, 1.807) is 0 Å². The highest BCUT2D eigenvalue weighted by molar-refractivity contribution is 5.66. The molecule has 2 aromatic rings. The summed E-state index contributed by atoms with van der Waals surface area (Å²) in [5.41, 5.74) is 2.22. The van der Waals surface area contributed by atoms with Gasteiger partial charge in [-0.1, -0.05) is 18.6 Å². The smallest absolute Gasteiger partial charge is 0.303 e. The quantitative estimate of drug-likeness (QED) is 0.601. The van der Waals surface area contributed by atoms with Gasteiger partial charge >= 0.3 is 5.97 Å². The van der Waals surface area contributed by atoms with Gasteiger partial charge in [-0.3, -0.25) is 14.8 Å². The number of nitrogens with zero attached hydrogens (tertiary/aromatic N) is 3. The molecule has 0 spiro atoms. The molecule has 0 saturated carbocycles. The van der Waals surface area contributed by atoms with Crippen LogP contribution in [0.5, 0.6) is 0 Å². The van der Waals surface area contributed by atoms with Crippen LogP contribution < -0.4 is 0 Å². The maximum atomic E-state index is 10.6. The molecule has 1 N–H and O–H groups in total. The van der Waals surface area contributed by atoms with Crippen molar-refractivity contribution in [2.24, 2.45) is 0 Å². The van der Waals surface area contributed by atoms with Crippen LogP contribution in [0.2, 0.25) is 0 Å². The minimum absolute atomic E-state index is 0.266. The maximum Gasteiger partial charge on any atom is 0.303 e. The van der Waals surface area contributed by atoms with E-state index in [1.807, 2.05) is 36.7 Å². The normalized spacial score (nSPS) is 10.9. The van der Waals surface area contributed by atoms with Gasteiger partial charge in [-0.05, 0) is 43.7 Å². The van der Waals surface area contributed by atoms with Crippen LogP contribution in [0.15, 0.2) is 48.8 Å². The number of carboxylic acid groups (broad SMARTS) is 1. The average Bonchev–Trinajstić information content (AvgIpc) is 2.64. The first-order valence-electron chi connectivity index (χ1n) is 8.98. The molecule has 0 aliphatic rings.